The van der Waals surface area contributed by atoms with Crippen LogP contribution in [-0.2, 0) is 6.54 Å². The van der Waals surface area contributed by atoms with Crippen molar-refractivity contribution in [3.05, 3.63) is 40.7 Å². The van der Waals surface area contributed by atoms with Crippen LogP contribution in [0.25, 0.3) is 21.7 Å². The second-order valence-corrected chi connectivity index (χ2v) is 5.66. The van der Waals surface area contributed by atoms with Crippen LogP contribution in [0.5, 0.6) is 0 Å². The molecule has 0 bridgehead atoms. The molecule has 2 aromatic heterocycles. The number of thiophene rings is 1. The Labute approximate surface area is 120 Å². The van der Waals surface area contributed by atoms with E-state index in [2.05, 4.69) is 15.6 Å². The van der Waals surface area contributed by atoms with Gasteiger partial charge in [-0.1, -0.05) is 17.7 Å². The van der Waals surface area contributed by atoms with Crippen LogP contribution in [0.2, 0.25) is 5.02 Å². The highest BCUT2D eigenvalue weighted by atomic mass is 35.5. The first-order chi connectivity index (χ1) is 9.29. The third-order valence-electron chi connectivity index (χ3n) is 2.99. The maximum atomic E-state index is 9.05. The maximum absolute atomic E-state index is 9.05. The van der Waals surface area contributed by atoms with Crippen LogP contribution in [0.4, 0.5) is 0 Å². The number of aromatic nitrogens is 2. The molecule has 3 rings (SSSR count). The molecule has 2 heterocycles. The quantitative estimate of drug-likeness (QED) is 0.794. The molecule has 0 spiro atoms. The van der Waals surface area contributed by atoms with Crippen molar-refractivity contribution in [2.75, 3.05) is 6.61 Å². The zero-order valence-corrected chi connectivity index (χ0v) is 11.8. The molecular formula is C14H13ClN2OS. The van der Waals surface area contributed by atoms with E-state index in [0.29, 0.717) is 11.4 Å². The summed E-state index contributed by atoms with van der Waals surface area (Å²) >= 11 is 7.69. The van der Waals surface area contributed by atoms with E-state index >= 15 is 0 Å². The molecule has 3 aromatic rings. The van der Waals surface area contributed by atoms with Crippen molar-refractivity contribution in [3.8, 4) is 10.7 Å². The van der Waals surface area contributed by atoms with Gasteiger partial charge in [-0.25, -0.2) is 4.98 Å². The van der Waals surface area contributed by atoms with E-state index in [1.54, 1.807) is 11.3 Å². The SMILES string of the molecule is OCCCn1c(-c2cccs2)nc2cc(Cl)ccc21. The average Bonchev–Trinajstić information content (AvgIpc) is 3.02. The first-order valence-corrected chi connectivity index (χ1v) is 7.36. The van der Waals surface area contributed by atoms with Gasteiger partial charge in [0.05, 0.1) is 15.9 Å². The van der Waals surface area contributed by atoms with E-state index < -0.39 is 0 Å². The number of aryl methyl sites for hydroxylation is 1. The molecule has 3 nitrogen and oxygen atoms in total. The summed E-state index contributed by atoms with van der Waals surface area (Å²) in [5.74, 6) is 0.945. The fraction of sp³-hybridized carbons (Fsp3) is 0.214. The molecule has 0 aliphatic heterocycles. The summed E-state index contributed by atoms with van der Waals surface area (Å²) in [6.07, 6.45) is 0.715. The molecule has 0 saturated carbocycles. The highest BCUT2D eigenvalue weighted by molar-refractivity contribution is 7.13. The Morgan fingerprint density at radius 2 is 2.21 bits per heavy atom. The summed E-state index contributed by atoms with van der Waals surface area (Å²) in [6.45, 7) is 0.930. The Bertz CT molecular complexity index is 691. The predicted octanol–water partition coefficient (Wildman–Crippen LogP) is 3.80. The molecule has 1 aromatic carbocycles. The van der Waals surface area contributed by atoms with Crippen molar-refractivity contribution in [3.63, 3.8) is 0 Å². The van der Waals surface area contributed by atoms with Crippen LogP contribution in [0.1, 0.15) is 6.42 Å². The van der Waals surface area contributed by atoms with E-state index in [9.17, 15) is 0 Å². The Kier molecular flexibility index (Phi) is 3.55. The second-order valence-electron chi connectivity index (χ2n) is 4.27. The van der Waals surface area contributed by atoms with Gasteiger partial charge in [0.25, 0.3) is 0 Å². The monoisotopic (exact) mass is 292 g/mol. The van der Waals surface area contributed by atoms with Crippen molar-refractivity contribution < 1.29 is 5.11 Å². The number of aliphatic hydroxyl groups is 1. The Balaban J connectivity index is 2.18. The molecule has 0 atom stereocenters. The Hall–Kier alpha value is -1.36. The lowest BCUT2D eigenvalue weighted by molar-refractivity contribution is 0.281. The number of imidazole rings is 1. The van der Waals surface area contributed by atoms with E-state index in [4.69, 9.17) is 16.7 Å². The lowest BCUT2D eigenvalue weighted by atomic mass is 10.3. The van der Waals surface area contributed by atoms with Crippen LogP contribution in [0.15, 0.2) is 35.7 Å². The zero-order chi connectivity index (χ0) is 13.2. The first-order valence-electron chi connectivity index (χ1n) is 6.10. The molecule has 0 aliphatic carbocycles. The van der Waals surface area contributed by atoms with Gasteiger partial charge in [0, 0.05) is 18.2 Å². The normalized spacial score (nSPS) is 11.3. The number of hydrogen-bond acceptors (Lipinski definition) is 3. The molecule has 19 heavy (non-hydrogen) atoms. The average molecular weight is 293 g/mol. The highest BCUT2D eigenvalue weighted by Crippen LogP contribution is 2.29. The molecule has 98 valence electrons. The van der Waals surface area contributed by atoms with Crippen molar-refractivity contribution in [2.24, 2.45) is 0 Å². The van der Waals surface area contributed by atoms with Gasteiger partial charge in [0.15, 0.2) is 5.82 Å². The van der Waals surface area contributed by atoms with Gasteiger partial charge in [0.1, 0.15) is 0 Å². The fourth-order valence-corrected chi connectivity index (χ4v) is 3.04. The van der Waals surface area contributed by atoms with Crippen molar-refractivity contribution in [1.82, 2.24) is 9.55 Å². The van der Waals surface area contributed by atoms with Crippen LogP contribution in [-0.4, -0.2) is 21.3 Å². The lowest BCUT2D eigenvalue weighted by Crippen LogP contribution is -2.01. The largest absolute Gasteiger partial charge is 0.396 e. The third kappa shape index (κ3) is 2.39. The Morgan fingerprint density at radius 1 is 1.32 bits per heavy atom. The first kappa shape index (κ1) is 12.7. The topological polar surface area (TPSA) is 38.0 Å². The van der Waals surface area contributed by atoms with Gasteiger partial charge < -0.3 is 9.67 Å². The molecule has 5 heteroatoms. The molecule has 0 aliphatic rings. The van der Waals surface area contributed by atoms with E-state index in [0.717, 1.165) is 28.3 Å². The molecule has 0 amide bonds. The molecule has 0 unspecified atom stereocenters. The van der Waals surface area contributed by atoms with Gasteiger partial charge in [0.2, 0.25) is 0 Å². The molecular weight excluding hydrogens is 280 g/mol. The number of hydrogen-bond donors (Lipinski definition) is 1. The van der Waals surface area contributed by atoms with Crippen LogP contribution in [0, 0.1) is 0 Å². The van der Waals surface area contributed by atoms with Gasteiger partial charge >= 0.3 is 0 Å². The number of fused-ring (bicyclic) bond motifs is 1. The van der Waals surface area contributed by atoms with Crippen LogP contribution in [0.3, 0.4) is 0 Å². The van der Waals surface area contributed by atoms with Gasteiger partial charge in [-0.05, 0) is 36.1 Å². The van der Waals surface area contributed by atoms with Gasteiger partial charge in [-0.3, -0.25) is 0 Å². The molecule has 0 fully saturated rings. The van der Waals surface area contributed by atoms with E-state index in [-0.39, 0.29) is 6.61 Å². The second kappa shape index (κ2) is 5.33. The summed E-state index contributed by atoms with van der Waals surface area (Å²) in [7, 11) is 0. The van der Waals surface area contributed by atoms with Crippen molar-refractivity contribution >= 4 is 34.0 Å². The minimum Gasteiger partial charge on any atom is -0.396 e. The van der Waals surface area contributed by atoms with Gasteiger partial charge in [-0.15, -0.1) is 11.3 Å². The fourth-order valence-electron chi connectivity index (χ4n) is 2.15. The Morgan fingerprint density at radius 3 is 2.95 bits per heavy atom. The van der Waals surface area contributed by atoms with Crippen LogP contribution < -0.4 is 0 Å². The smallest absolute Gasteiger partial charge is 0.151 e. The number of rotatable bonds is 4. The molecule has 1 N–H and O–H groups in total. The highest BCUT2D eigenvalue weighted by Gasteiger charge is 2.13. The predicted molar refractivity (Wildman–Crippen MR) is 79.8 cm³/mol. The van der Waals surface area contributed by atoms with E-state index in [1.807, 2.05) is 29.6 Å². The third-order valence-corrected chi connectivity index (χ3v) is 4.09. The minimum absolute atomic E-state index is 0.178. The minimum atomic E-state index is 0.178. The van der Waals surface area contributed by atoms with Crippen molar-refractivity contribution in [2.45, 2.75) is 13.0 Å². The van der Waals surface area contributed by atoms with Crippen LogP contribution >= 0.6 is 22.9 Å². The lowest BCUT2D eigenvalue weighted by Gasteiger charge is -2.06. The summed E-state index contributed by atoms with van der Waals surface area (Å²) in [5, 5.41) is 11.8. The van der Waals surface area contributed by atoms with E-state index in [1.165, 1.54) is 0 Å². The van der Waals surface area contributed by atoms with Crippen molar-refractivity contribution in [1.29, 1.82) is 0 Å². The number of aliphatic hydroxyl groups excluding tert-OH is 1. The molecule has 0 saturated heterocycles. The summed E-state index contributed by atoms with van der Waals surface area (Å²) in [6, 6.07) is 9.81. The number of nitrogens with zero attached hydrogens (tertiary/aromatic N) is 2. The zero-order valence-electron chi connectivity index (χ0n) is 10.2. The van der Waals surface area contributed by atoms with Gasteiger partial charge in [-0.2, -0.15) is 0 Å². The molecule has 0 radical (unpaired) electrons. The number of halogens is 1. The summed E-state index contributed by atoms with van der Waals surface area (Å²) < 4.78 is 2.15. The standard InChI is InChI=1S/C14H13ClN2OS/c15-10-4-5-12-11(9-10)16-14(13-3-1-8-19-13)17(12)6-2-7-18/h1,3-5,8-9,18H,2,6-7H2. The summed E-state index contributed by atoms with van der Waals surface area (Å²) in [5.41, 5.74) is 1.95. The number of benzene rings is 1. The summed E-state index contributed by atoms with van der Waals surface area (Å²) in [4.78, 5) is 5.81. The maximum Gasteiger partial charge on any atom is 0.151 e.